The van der Waals surface area contributed by atoms with Crippen LogP contribution in [0.1, 0.15) is 0 Å². The first-order valence-electron chi connectivity index (χ1n) is 7.61. The van der Waals surface area contributed by atoms with Crippen molar-refractivity contribution >= 4 is 33.3 Å². The minimum absolute atomic E-state index is 0.161. The Bertz CT molecular complexity index is 1080. The summed E-state index contributed by atoms with van der Waals surface area (Å²) in [6, 6.07) is 10.2. The van der Waals surface area contributed by atoms with Crippen molar-refractivity contribution in [2.75, 3.05) is 19.5 Å². The van der Waals surface area contributed by atoms with Gasteiger partial charge in [0, 0.05) is 28.7 Å². The number of methoxy groups -OCH3 is 2. The topological polar surface area (TPSA) is 72.1 Å². The van der Waals surface area contributed by atoms with E-state index in [1.165, 1.54) is 13.2 Å². The number of nitrogens with zero attached hydrogens (tertiary/aromatic N) is 2. The summed E-state index contributed by atoms with van der Waals surface area (Å²) >= 11 is 0. The molecular weight excluding hydrogens is 323 g/mol. The summed E-state index contributed by atoms with van der Waals surface area (Å²) in [5, 5.41) is 12.2. The van der Waals surface area contributed by atoms with Gasteiger partial charge in [-0.25, -0.2) is 9.37 Å². The quantitative estimate of drug-likeness (QED) is 0.588. The van der Waals surface area contributed by atoms with Gasteiger partial charge in [0.1, 0.15) is 11.3 Å². The molecule has 2 N–H and O–H groups in total. The average molecular weight is 338 g/mol. The summed E-state index contributed by atoms with van der Waals surface area (Å²) < 4.78 is 23.9. The molecule has 25 heavy (non-hydrogen) atoms. The van der Waals surface area contributed by atoms with Crippen LogP contribution in [-0.2, 0) is 0 Å². The van der Waals surface area contributed by atoms with Crippen LogP contribution in [0.2, 0.25) is 0 Å². The highest BCUT2D eigenvalue weighted by Crippen LogP contribution is 2.32. The van der Waals surface area contributed by atoms with Crippen LogP contribution in [0, 0.1) is 5.82 Å². The van der Waals surface area contributed by atoms with Crippen molar-refractivity contribution in [1.29, 1.82) is 0 Å². The van der Waals surface area contributed by atoms with Gasteiger partial charge in [0.15, 0.2) is 17.4 Å². The van der Waals surface area contributed by atoms with Gasteiger partial charge < -0.3 is 14.8 Å². The Kier molecular flexibility index (Phi) is 3.61. The Morgan fingerprint density at radius 2 is 1.92 bits per heavy atom. The number of aromatic amines is 1. The first-order chi connectivity index (χ1) is 12.2. The molecule has 2 aromatic heterocycles. The Balaban J connectivity index is 1.85. The number of ether oxygens (including phenoxy) is 2. The molecule has 0 aliphatic rings. The van der Waals surface area contributed by atoms with Crippen LogP contribution in [-0.4, -0.2) is 29.4 Å². The molecule has 0 spiro atoms. The Morgan fingerprint density at radius 3 is 2.72 bits per heavy atom. The number of aromatic nitrogens is 3. The highest BCUT2D eigenvalue weighted by Gasteiger charge is 2.13. The van der Waals surface area contributed by atoms with Crippen molar-refractivity contribution in [3.63, 3.8) is 0 Å². The number of benzene rings is 2. The van der Waals surface area contributed by atoms with Crippen molar-refractivity contribution in [1.82, 2.24) is 15.2 Å². The maximum atomic E-state index is 13.6. The van der Waals surface area contributed by atoms with E-state index >= 15 is 0 Å². The molecule has 126 valence electrons. The summed E-state index contributed by atoms with van der Waals surface area (Å²) in [5.41, 5.74) is 2.14. The van der Waals surface area contributed by atoms with Crippen molar-refractivity contribution in [2.45, 2.75) is 0 Å². The van der Waals surface area contributed by atoms with Crippen molar-refractivity contribution in [2.24, 2.45) is 0 Å². The van der Waals surface area contributed by atoms with Crippen LogP contribution in [0.15, 0.2) is 42.6 Å². The first-order valence-corrected chi connectivity index (χ1v) is 7.61. The highest BCUT2D eigenvalue weighted by molar-refractivity contribution is 6.09. The van der Waals surface area contributed by atoms with Crippen molar-refractivity contribution in [3.8, 4) is 11.5 Å². The normalized spacial score (nSPS) is 11.0. The van der Waals surface area contributed by atoms with Gasteiger partial charge in [-0.2, -0.15) is 5.10 Å². The van der Waals surface area contributed by atoms with E-state index in [0.717, 1.165) is 22.0 Å². The van der Waals surface area contributed by atoms with E-state index in [2.05, 4.69) is 20.5 Å². The zero-order valence-electron chi connectivity index (χ0n) is 13.6. The van der Waals surface area contributed by atoms with Crippen LogP contribution in [0.3, 0.4) is 0 Å². The summed E-state index contributed by atoms with van der Waals surface area (Å²) in [7, 11) is 3.05. The molecule has 0 aliphatic heterocycles. The molecule has 2 aromatic carbocycles. The van der Waals surface area contributed by atoms with E-state index in [0.29, 0.717) is 17.0 Å². The molecule has 7 heteroatoms. The number of anilines is 2. The van der Waals surface area contributed by atoms with E-state index in [9.17, 15) is 4.39 Å². The first kappa shape index (κ1) is 15.2. The molecule has 0 radical (unpaired) electrons. The molecule has 0 unspecified atom stereocenters. The monoisotopic (exact) mass is 338 g/mol. The standard InChI is InChI=1S/C18H15FN4O2/c1-24-11-4-6-15-12(8-11)13-9-20-23-17(13)18(22-15)21-10-3-5-14(19)16(7-10)25-2/h3-9H,1-2H3,(H,20,23)(H,21,22). The minimum Gasteiger partial charge on any atom is -0.497 e. The summed E-state index contributed by atoms with van der Waals surface area (Å²) in [6.07, 6.45) is 1.81. The second-order valence-corrected chi connectivity index (χ2v) is 5.47. The number of nitrogens with one attached hydrogen (secondary N) is 2. The molecule has 4 aromatic rings. The summed E-state index contributed by atoms with van der Waals surface area (Å²) in [6.45, 7) is 0. The molecule has 0 amide bonds. The van der Waals surface area contributed by atoms with Crippen molar-refractivity contribution < 1.29 is 13.9 Å². The van der Waals surface area contributed by atoms with Gasteiger partial charge in [-0.3, -0.25) is 5.10 Å². The van der Waals surface area contributed by atoms with Gasteiger partial charge in [0.25, 0.3) is 0 Å². The van der Waals surface area contributed by atoms with Gasteiger partial charge in [0.05, 0.1) is 19.7 Å². The van der Waals surface area contributed by atoms with Gasteiger partial charge in [-0.05, 0) is 30.3 Å². The largest absolute Gasteiger partial charge is 0.497 e. The van der Waals surface area contributed by atoms with E-state index in [1.807, 2.05) is 24.4 Å². The predicted octanol–water partition coefficient (Wildman–Crippen LogP) is 4.01. The average Bonchev–Trinajstić information content (AvgIpc) is 3.13. The fourth-order valence-corrected chi connectivity index (χ4v) is 2.77. The molecule has 2 heterocycles. The Labute approximate surface area is 142 Å². The molecule has 0 aliphatic carbocycles. The van der Waals surface area contributed by atoms with Gasteiger partial charge in [-0.1, -0.05) is 0 Å². The molecule has 0 saturated heterocycles. The number of H-pyrrole nitrogens is 1. The van der Waals surface area contributed by atoms with Gasteiger partial charge in [-0.15, -0.1) is 0 Å². The Morgan fingerprint density at radius 1 is 1.04 bits per heavy atom. The number of hydrogen-bond acceptors (Lipinski definition) is 5. The second-order valence-electron chi connectivity index (χ2n) is 5.47. The molecule has 4 rings (SSSR count). The van der Waals surface area contributed by atoms with Crippen LogP contribution < -0.4 is 14.8 Å². The lowest BCUT2D eigenvalue weighted by molar-refractivity contribution is 0.387. The number of fused-ring (bicyclic) bond motifs is 3. The van der Waals surface area contributed by atoms with E-state index < -0.39 is 5.82 Å². The van der Waals surface area contributed by atoms with Gasteiger partial charge in [0.2, 0.25) is 0 Å². The second kappa shape index (κ2) is 5.94. The predicted molar refractivity (Wildman–Crippen MR) is 94.2 cm³/mol. The molecule has 0 fully saturated rings. The highest BCUT2D eigenvalue weighted by atomic mass is 19.1. The molecular formula is C18H15FN4O2. The van der Waals surface area contributed by atoms with E-state index in [1.54, 1.807) is 19.2 Å². The Hall–Kier alpha value is -3.35. The molecule has 0 saturated carbocycles. The third kappa shape index (κ3) is 2.59. The number of hydrogen-bond donors (Lipinski definition) is 2. The molecule has 6 nitrogen and oxygen atoms in total. The summed E-state index contributed by atoms with van der Waals surface area (Å²) in [4.78, 5) is 4.64. The van der Waals surface area contributed by atoms with E-state index in [-0.39, 0.29) is 5.75 Å². The summed E-state index contributed by atoms with van der Waals surface area (Å²) in [5.74, 6) is 1.06. The number of pyridine rings is 1. The molecule has 0 bridgehead atoms. The lowest BCUT2D eigenvalue weighted by atomic mass is 10.1. The maximum absolute atomic E-state index is 13.6. The smallest absolute Gasteiger partial charge is 0.165 e. The lowest BCUT2D eigenvalue weighted by Gasteiger charge is -2.10. The zero-order chi connectivity index (χ0) is 17.4. The molecule has 0 atom stereocenters. The minimum atomic E-state index is -0.420. The maximum Gasteiger partial charge on any atom is 0.165 e. The van der Waals surface area contributed by atoms with E-state index in [4.69, 9.17) is 9.47 Å². The van der Waals surface area contributed by atoms with Crippen LogP contribution >= 0.6 is 0 Å². The zero-order valence-corrected chi connectivity index (χ0v) is 13.6. The third-order valence-electron chi connectivity index (χ3n) is 4.00. The van der Waals surface area contributed by atoms with Crippen LogP contribution in [0.25, 0.3) is 21.8 Å². The fraction of sp³-hybridized carbons (Fsp3) is 0.111. The third-order valence-corrected chi connectivity index (χ3v) is 4.00. The number of halogens is 1. The van der Waals surface area contributed by atoms with Crippen LogP contribution in [0.4, 0.5) is 15.9 Å². The lowest BCUT2D eigenvalue weighted by Crippen LogP contribution is -1.97. The SMILES string of the molecule is COc1ccc2nc(Nc3ccc(F)c(OC)c3)c3n[nH]cc3c2c1. The van der Waals surface area contributed by atoms with Crippen LogP contribution in [0.5, 0.6) is 11.5 Å². The van der Waals surface area contributed by atoms with Gasteiger partial charge >= 0.3 is 0 Å². The fourth-order valence-electron chi connectivity index (χ4n) is 2.77. The van der Waals surface area contributed by atoms with Crippen molar-refractivity contribution in [3.05, 3.63) is 48.4 Å². The number of rotatable bonds is 4.